The first-order chi connectivity index (χ1) is 7.20. The number of hydrogen-bond acceptors (Lipinski definition) is 5. The first kappa shape index (κ1) is 10.3. The van der Waals surface area contributed by atoms with Crippen LogP contribution >= 0.6 is 11.3 Å². The van der Waals surface area contributed by atoms with Crippen LogP contribution in [0.4, 0.5) is 10.7 Å². The van der Waals surface area contributed by atoms with Gasteiger partial charge in [0.1, 0.15) is 10.9 Å². The molecular formula is C10H14N4S. The maximum Gasteiger partial charge on any atom is 0.129 e. The largest absolute Gasteiger partial charge is 0.397 e. The molecule has 0 spiro atoms. The van der Waals surface area contributed by atoms with Gasteiger partial charge in [0, 0.05) is 26.2 Å². The molecule has 0 radical (unpaired) electrons. The van der Waals surface area contributed by atoms with Gasteiger partial charge >= 0.3 is 0 Å². The Hall–Kier alpha value is -1.25. The van der Waals surface area contributed by atoms with Gasteiger partial charge in [0.25, 0.3) is 0 Å². The monoisotopic (exact) mass is 222 g/mol. The molecule has 0 bridgehead atoms. The van der Waals surface area contributed by atoms with Crippen molar-refractivity contribution in [2.45, 2.75) is 0 Å². The van der Waals surface area contributed by atoms with Gasteiger partial charge in [0.2, 0.25) is 0 Å². The molecule has 0 atom stereocenters. The van der Waals surface area contributed by atoms with Crippen molar-refractivity contribution in [3.05, 3.63) is 10.9 Å². The summed E-state index contributed by atoms with van der Waals surface area (Å²) in [6.45, 7) is 4.17. The molecule has 2 N–H and O–H groups in total. The van der Waals surface area contributed by atoms with Gasteiger partial charge in [-0.2, -0.15) is 5.26 Å². The zero-order valence-electron chi connectivity index (χ0n) is 8.73. The average Bonchev–Trinajstić information content (AvgIpc) is 2.61. The third-order valence-corrected chi connectivity index (χ3v) is 3.78. The summed E-state index contributed by atoms with van der Waals surface area (Å²) in [5.41, 5.74) is 6.34. The first-order valence-electron chi connectivity index (χ1n) is 4.93. The molecule has 80 valence electrons. The second kappa shape index (κ2) is 4.09. The first-order valence-corrected chi connectivity index (χ1v) is 5.75. The standard InChI is InChI=1S/C10H14N4S/c1-13-2-4-14(5-3-13)10-6-8(12)9(7-11)15-10/h6H,2-5,12H2,1H3. The van der Waals surface area contributed by atoms with Crippen LogP contribution in [0, 0.1) is 11.3 Å². The summed E-state index contributed by atoms with van der Waals surface area (Å²) in [6, 6.07) is 4.03. The maximum atomic E-state index is 8.83. The van der Waals surface area contributed by atoms with Crippen LogP contribution in [0.1, 0.15) is 4.88 Å². The number of rotatable bonds is 1. The van der Waals surface area contributed by atoms with Crippen LogP contribution in [-0.2, 0) is 0 Å². The number of hydrogen-bond donors (Lipinski definition) is 1. The van der Waals surface area contributed by atoms with Crippen LogP contribution < -0.4 is 10.6 Å². The fourth-order valence-corrected chi connectivity index (χ4v) is 2.59. The minimum atomic E-state index is 0.608. The van der Waals surface area contributed by atoms with E-state index in [2.05, 4.69) is 22.9 Å². The lowest BCUT2D eigenvalue weighted by molar-refractivity contribution is 0.313. The molecular weight excluding hydrogens is 208 g/mol. The molecule has 1 aliphatic rings. The summed E-state index contributed by atoms with van der Waals surface area (Å²) in [7, 11) is 2.13. The van der Waals surface area contributed by atoms with Crippen molar-refractivity contribution in [3.63, 3.8) is 0 Å². The van der Waals surface area contributed by atoms with Crippen LogP contribution in [0.25, 0.3) is 0 Å². The van der Waals surface area contributed by atoms with E-state index in [0.717, 1.165) is 31.2 Å². The second-order valence-corrected chi connectivity index (χ2v) is 4.80. The topological polar surface area (TPSA) is 56.3 Å². The molecule has 2 heterocycles. The number of thiophene rings is 1. The molecule has 2 rings (SSSR count). The highest BCUT2D eigenvalue weighted by Crippen LogP contribution is 2.31. The molecule has 1 aromatic heterocycles. The predicted octanol–water partition coefficient (Wildman–Crippen LogP) is 0.954. The van der Waals surface area contributed by atoms with E-state index < -0.39 is 0 Å². The molecule has 0 aliphatic carbocycles. The van der Waals surface area contributed by atoms with Gasteiger partial charge in [-0.05, 0) is 13.1 Å². The number of anilines is 2. The highest BCUT2D eigenvalue weighted by atomic mass is 32.1. The third kappa shape index (κ3) is 2.06. The van der Waals surface area contributed by atoms with Crippen molar-refractivity contribution in [3.8, 4) is 6.07 Å². The van der Waals surface area contributed by atoms with E-state index in [1.54, 1.807) is 0 Å². The van der Waals surface area contributed by atoms with Crippen LogP contribution in [0.2, 0.25) is 0 Å². The van der Waals surface area contributed by atoms with E-state index in [1.807, 2.05) is 6.07 Å². The smallest absolute Gasteiger partial charge is 0.129 e. The molecule has 0 unspecified atom stereocenters. The average molecular weight is 222 g/mol. The molecule has 1 fully saturated rings. The van der Waals surface area contributed by atoms with Gasteiger partial charge in [-0.15, -0.1) is 11.3 Å². The molecule has 0 amide bonds. The van der Waals surface area contributed by atoms with Gasteiger partial charge < -0.3 is 15.5 Å². The molecule has 5 heteroatoms. The summed E-state index contributed by atoms with van der Waals surface area (Å²) < 4.78 is 0. The van der Waals surface area contributed by atoms with Gasteiger partial charge in [-0.25, -0.2) is 0 Å². The third-order valence-electron chi connectivity index (χ3n) is 2.66. The molecule has 15 heavy (non-hydrogen) atoms. The summed E-state index contributed by atoms with van der Waals surface area (Å²) in [4.78, 5) is 5.23. The number of likely N-dealkylation sites (N-methyl/N-ethyl adjacent to an activating group) is 1. The summed E-state index contributed by atoms with van der Waals surface area (Å²) in [6.07, 6.45) is 0. The quantitative estimate of drug-likeness (QED) is 0.768. The van der Waals surface area contributed by atoms with E-state index in [0.29, 0.717) is 10.6 Å². The molecule has 0 saturated carbocycles. The van der Waals surface area contributed by atoms with E-state index >= 15 is 0 Å². The SMILES string of the molecule is CN1CCN(c2cc(N)c(C#N)s2)CC1. The number of nitrogens with zero attached hydrogens (tertiary/aromatic N) is 3. The van der Waals surface area contributed by atoms with Crippen LogP contribution in [0.15, 0.2) is 6.07 Å². The summed E-state index contributed by atoms with van der Waals surface area (Å²) in [5.74, 6) is 0. The highest BCUT2D eigenvalue weighted by molar-refractivity contribution is 7.17. The van der Waals surface area contributed by atoms with E-state index in [4.69, 9.17) is 11.0 Å². The molecule has 1 saturated heterocycles. The van der Waals surface area contributed by atoms with Crippen molar-refractivity contribution >= 4 is 22.0 Å². The maximum absolute atomic E-state index is 8.83. The lowest BCUT2D eigenvalue weighted by Gasteiger charge is -2.32. The Kier molecular flexibility index (Phi) is 2.80. The van der Waals surface area contributed by atoms with Crippen LogP contribution in [0.3, 0.4) is 0 Å². The lowest BCUT2D eigenvalue weighted by atomic mass is 10.3. The van der Waals surface area contributed by atoms with Crippen molar-refractivity contribution < 1.29 is 0 Å². The van der Waals surface area contributed by atoms with E-state index in [-0.39, 0.29) is 0 Å². The zero-order valence-corrected chi connectivity index (χ0v) is 9.55. The Morgan fingerprint density at radius 1 is 1.40 bits per heavy atom. The Balaban J connectivity index is 2.13. The Labute approximate surface area is 93.5 Å². The van der Waals surface area contributed by atoms with Gasteiger partial charge in [0.15, 0.2) is 0 Å². The Bertz CT molecular complexity index is 385. The summed E-state index contributed by atoms with van der Waals surface area (Å²) in [5, 5.41) is 9.95. The molecule has 4 nitrogen and oxygen atoms in total. The summed E-state index contributed by atoms with van der Waals surface area (Å²) >= 11 is 1.49. The number of piperazine rings is 1. The van der Waals surface area contributed by atoms with Crippen molar-refractivity contribution in [1.82, 2.24) is 4.90 Å². The Morgan fingerprint density at radius 2 is 2.07 bits per heavy atom. The molecule has 1 aromatic rings. The van der Waals surface area contributed by atoms with E-state index in [9.17, 15) is 0 Å². The minimum Gasteiger partial charge on any atom is -0.397 e. The molecule has 0 aromatic carbocycles. The highest BCUT2D eigenvalue weighted by Gasteiger charge is 2.17. The zero-order chi connectivity index (χ0) is 10.8. The fourth-order valence-electron chi connectivity index (χ4n) is 1.66. The van der Waals surface area contributed by atoms with E-state index in [1.165, 1.54) is 11.3 Å². The Morgan fingerprint density at radius 3 is 2.60 bits per heavy atom. The predicted molar refractivity (Wildman–Crippen MR) is 63.2 cm³/mol. The van der Waals surface area contributed by atoms with Crippen molar-refractivity contribution in [2.75, 3.05) is 43.9 Å². The number of nitrogen functional groups attached to an aromatic ring is 1. The number of nitrogens with two attached hydrogens (primary N) is 1. The lowest BCUT2D eigenvalue weighted by Crippen LogP contribution is -2.44. The van der Waals surface area contributed by atoms with Crippen LogP contribution in [-0.4, -0.2) is 38.1 Å². The molecule has 1 aliphatic heterocycles. The second-order valence-electron chi connectivity index (χ2n) is 3.77. The normalized spacial score (nSPS) is 17.7. The van der Waals surface area contributed by atoms with Gasteiger partial charge in [0.05, 0.1) is 10.7 Å². The van der Waals surface area contributed by atoms with Crippen molar-refractivity contribution in [1.29, 1.82) is 5.26 Å². The van der Waals surface area contributed by atoms with Gasteiger partial charge in [-0.1, -0.05) is 0 Å². The van der Waals surface area contributed by atoms with Crippen molar-refractivity contribution in [2.24, 2.45) is 0 Å². The minimum absolute atomic E-state index is 0.608. The fraction of sp³-hybridized carbons (Fsp3) is 0.500. The number of nitriles is 1. The van der Waals surface area contributed by atoms with Crippen LogP contribution in [0.5, 0.6) is 0 Å². The van der Waals surface area contributed by atoms with Gasteiger partial charge in [-0.3, -0.25) is 0 Å².